The van der Waals surface area contributed by atoms with Gasteiger partial charge in [0.25, 0.3) is 0 Å². The van der Waals surface area contributed by atoms with Gasteiger partial charge in [0.1, 0.15) is 0 Å². The number of hydrazine groups is 1. The van der Waals surface area contributed by atoms with Crippen LogP contribution in [0.1, 0.15) is 5.56 Å². The fourth-order valence-corrected chi connectivity index (χ4v) is 0.627. The SMILES string of the molecule is Cl.ClNNCl.FC(F)(F)c1ccccc1. The molecule has 0 radical (unpaired) electrons. The van der Waals surface area contributed by atoms with Crippen molar-refractivity contribution in [2.75, 3.05) is 0 Å². The summed E-state index contributed by atoms with van der Waals surface area (Å²) in [6, 6.07) is 6.36. The molecule has 15 heavy (non-hydrogen) atoms. The van der Waals surface area contributed by atoms with Gasteiger partial charge in [0.05, 0.1) is 5.56 Å². The standard InChI is InChI=1S/C7H5F3.Cl2H2N2.ClH/c8-7(9,10)6-4-2-1-3-5-6;1-3-4-2;/h1-5H;3-4H;1H. The number of halogens is 6. The molecule has 0 heterocycles. The Morgan fingerprint density at radius 3 is 1.53 bits per heavy atom. The van der Waals surface area contributed by atoms with E-state index in [1.165, 1.54) is 12.1 Å². The van der Waals surface area contributed by atoms with Gasteiger partial charge in [-0.15, -0.1) is 12.4 Å². The highest BCUT2D eigenvalue weighted by atomic mass is 35.5. The summed E-state index contributed by atoms with van der Waals surface area (Å²) < 4.78 is 35.4. The average molecular weight is 284 g/mol. The largest absolute Gasteiger partial charge is 0.416 e. The van der Waals surface area contributed by atoms with Gasteiger partial charge < -0.3 is 0 Å². The highest BCUT2D eigenvalue weighted by molar-refractivity contribution is 6.19. The van der Waals surface area contributed by atoms with Crippen LogP contribution in [0.3, 0.4) is 0 Å². The molecule has 8 heteroatoms. The minimum absolute atomic E-state index is 0. The van der Waals surface area contributed by atoms with Crippen LogP contribution < -0.4 is 9.89 Å². The lowest BCUT2D eigenvalue weighted by Gasteiger charge is -2.03. The van der Waals surface area contributed by atoms with Crippen molar-refractivity contribution in [3.05, 3.63) is 35.9 Å². The molecular formula is C7H8Cl3F3N2. The first-order valence-electron chi connectivity index (χ1n) is 3.36. The zero-order valence-electron chi connectivity index (χ0n) is 7.18. The molecule has 88 valence electrons. The summed E-state index contributed by atoms with van der Waals surface area (Å²) in [5.74, 6) is 0. The van der Waals surface area contributed by atoms with Crippen molar-refractivity contribution < 1.29 is 13.2 Å². The van der Waals surface area contributed by atoms with Crippen LogP contribution in [-0.4, -0.2) is 0 Å². The first kappa shape index (κ1) is 17.2. The second kappa shape index (κ2) is 9.06. The van der Waals surface area contributed by atoms with Crippen molar-refractivity contribution in [3.63, 3.8) is 0 Å². The minimum atomic E-state index is -4.21. The van der Waals surface area contributed by atoms with E-state index >= 15 is 0 Å². The molecule has 0 aliphatic rings. The van der Waals surface area contributed by atoms with E-state index in [2.05, 4.69) is 0 Å². The lowest BCUT2D eigenvalue weighted by molar-refractivity contribution is -0.137. The molecule has 0 aliphatic carbocycles. The van der Waals surface area contributed by atoms with Gasteiger partial charge in [0.2, 0.25) is 0 Å². The third kappa shape index (κ3) is 8.77. The maximum absolute atomic E-state index is 11.8. The maximum atomic E-state index is 11.8. The molecule has 1 aromatic rings. The Balaban J connectivity index is 0. The Morgan fingerprint density at radius 2 is 1.33 bits per heavy atom. The summed E-state index contributed by atoms with van der Waals surface area (Å²) in [7, 11) is 0. The van der Waals surface area contributed by atoms with E-state index in [-0.39, 0.29) is 12.4 Å². The molecule has 0 aromatic heterocycles. The third-order valence-corrected chi connectivity index (χ3v) is 1.42. The van der Waals surface area contributed by atoms with Crippen molar-refractivity contribution in [1.29, 1.82) is 0 Å². The topological polar surface area (TPSA) is 24.1 Å². The number of hydrogen-bond donors (Lipinski definition) is 2. The maximum Gasteiger partial charge on any atom is 0.416 e. The summed E-state index contributed by atoms with van der Waals surface area (Å²) in [4.78, 5) is 3.84. The van der Waals surface area contributed by atoms with Gasteiger partial charge in [0, 0.05) is 0 Å². The Morgan fingerprint density at radius 1 is 0.933 bits per heavy atom. The van der Waals surface area contributed by atoms with E-state index in [4.69, 9.17) is 23.6 Å². The molecule has 1 rings (SSSR count). The molecule has 1 aromatic carbocycles. The normalized spacial score (nSPS) is 9.67. The number of hydrogen-bond acceptors (Lipinski definition) is 2. The molecule has 0 spiro atoms. The number of alkyl halides is 3. The summed E-state index contributed by atoms with van der Waals surface area (Å²) >= 11 is 9.39. The second-order valence-corrected chi connectivity index (χ2v) is 2.43. The van der Waals surface area contributed by atoms with Crippen LogP contribution in [0.4, 0.5) is 13.2 Å². The van der Waals surface area contributed by atoms with Crippen molar-refractivity contribution in [1.82, 2.24) is 9.89 Å². The molecule has 0 aliphatic heterocycles. The zero-order chi connectivity index (χ0) is 11.0. The highest BCUT2D eigenvalue weighted by Gasteiger charge is 2.29. The number of nitrogens with one attached hydrogen (secondary N) is 2. The van der Waals surface area contributed by atoms with E-state index < -0.39 is 11.7 Å². The molecule has 0 unspecified atom stereocenters. The first-order valence-corrected chi connectivity index (χ1v) is 4.11. The molecule has 0 fully saturated rings. The Bertz CT molecular complexity index is 241. The highest BCUT2D eigenvalue weighted by Crippen LogP contribution is 2.28. The van der Waals surface area contributed by atoms with Crippen LogP contribution in [0, 0.1) is 0 Å². The first-order chi connectivity index (χ1) is 6.52. The molecular weight excluding hydrogens is 275 g/mol. The summed E-state index contributed by atoms with van der Waals surface area (Å²) in [6.07, 6.45) is -4.21. The van der Waals surface area contributed by atoms with Gasteiger partial charge in [-0.05, 0) is 23.6 Å². The zero-order valence-corrected chi connectivity index (χ0v) is 9.51. The van der Waals surface area contributed by atoms with Crippen LogP contribution in [-0.2, 0) is 6.18 Å². The van der Waals surface area contributed by atoms with Gasteiger partial charge in [-0.1, -0.05) is 30.3 Å². The Hall–Kier alpha value is -0.200. The predicted octanol–water partition coefficient (Wildman–Crippen LogP) is 3.52. The lowest BCUT2D eigenvalue weighted by Crippen LogP contribution is -2.07. The van der Waals surface area contributed by atoms with Gasteiger partial charge in [-0.25, -0.2) is 0 Å². The molecule has 0 saturated heterocycles. The Kier molecular flexibility index (Phi) is 10.4. The fourth-order valence-electron chi connectivity index (χ4n) is 0.627. The quantitative estimate of drug-likeness (QED) is 0.609. The van der Waals surface area contributed by atoms with E-state index in [9.17, 15) is 13.2 Å². The van der Waals surface area contributed by atoms with Crippen molar-refractivity contribution >= 4 is 36.0 Å². The number of benzene rings is 1. The summed E-state index contributed by atoms with van der Waals surface area (Å²) in [6.45, 7) is 0. The van der Waals surface area contributed by atoms with E-state index in [0.717, 1.165) is 12.1 Å². The molecule has 0 atom stereocenters. The van der Waals surface area contributed by atoms with Crippen LogP contribution >= 0.6 is 36.0 Å². The third-order valence-electron chi connectivity index (χ3n) is 1.14. The monoisotopic (exact) mass is 282 g/mol. The van der Waals surface area contributed by atoms with Gasteiger partial charge in [-0.3, -0.25) is 0 Å². The van der Waals surface area contributed by atoms with Crippen molar-refractivity contribution in [2.24, 2.45) is 0 Å². The van der Waals surface area contributed by atoms with E-state index in [1.54, 1.807) is 6.07 Å². The van der Waals surface area contributed by atoms with Crippen LogP contribution in [0.25, 0.3) is 0 Å². The molecule has 2 N–H and O–H groups in total. The van der Waals surface area contributed by atoms with E-state index in [0.29, 0.717) is 0 Å². The average Bonchev–Trinajstić information content (AvgIpc) is 2.18. The molecule has 2 nitrogen and oxygen atoms in total. The second-order valence-electron chi connectivity index (χ2n) is 2.05. The van der Waals surface area contributed by atoms with Gasteiger partial charge in [-0.2, -0.15) is 23.1 Å². The van der Waals surface area contributed by atoms with Crippen molar-refractivity contribution in [2.45, 2.75) is 6.18 Å². The van der Waals surface area contributed by atoms with Gasteiger partial charge >= 0.3 is 6.18 Å². The predicted molar refractivity (Wildman–Crippen MR) is 56.7 cm³/mol. The summed E-state index contributed by atoms with van der Waals surface area (Å²) in [5.41, 5.74) is -0.602. The minimum Gasteiger partial charge on any atom is -0.166 e. The fraction of sp³-hybridized carbons (Fsp3) is 0.143. The number of rotatable bonds is 1. The smallest absolute Gasteiger partial charge is 0.166 e. The molecule has 0 saturated carbocycles. The molecule has 0 bridgehead atoms. The molecule has 0 amide bonds. The lowest BCUT2D eigenvalue weighted by atomic mass is 10.2. The van der Waals surface area contributed by atoms with Crippen molar-refractivity contribution in [3.8, 4) is 0 Å². The van der Waals surface area contributed by atoms with E-state index in [1.807, 2.05) is 9.89 Å². The van der Waals surface area contributed by atoms with Gasteiger partial charge in [0.15, 0.2) is 0 Å². The van der Waals surface area contributed by atoms with Crippen LogP contribution in [0.5, 0.6) is 0 Å². The van der Waals surface area contributed by atoms with Crippen LogP contribution in [0.2, 0.25) is 0 Å². The van der Waals surface area contributed by atoms with Crippen LogP contribution in [0.15, 0.2) is 30.3 Å². The summed E-state index contributed by atoms with van der Waals surface area (Å²) in [5, 5.41) is 0. The Labute approximate surface area is 101 Å².